The number of carbonyl (C=O) groups excluding carboxylic acids is 1. The minimum Gasteiger partial charge on any atom is -0.426 e. The van der Waals surface area contributed by atoms with E-state index in [1.165, 1.54) is 31.9 Å². The molecule has 4 nitrogen and oxygen atoms in total. The summed E-state index contributed by atoms with van der Waals surface area (Å²) >= 11 is 0. The number of fused-ring (bicyclic) bond motifs is 1. The third-order valence-corrected chi connectivity index (χ3v) is 4.41. The molecular formula is C17H22N2O2. The molecule has 1 unspecified atom stereocenters. The number of hydrogen-bond donors (Lipinski definition) is 1. The van der Waals surface area contributed by atoms with E-state index in [0.29, 0.717) is 5.75 Å². The van der Waals surface area contributed by atoms with E-state index in [1.54, 1.807) is 0 Å². The van der Waals surface area contributed by atoms with E-state index in [2.05, 4.69) is 16.8 Å². The van der Waals surface area contributed by atoms with Crippen molar-refractivity contribution in [3.05, 3.63) is 30.0 Å². The van der Waals surface area contributed by atoms with E-state index < -0.39 is 0 Å². The van der Waals surface area contributed by atoms with Gasteiger partial charge in [0.2, 0.25) is 0 Å². The smallest absolute Gasteiger partial charge is 0.308 e. The lowest BCUT2D eigenvalue weighted by molar-refractivity contribution is -0.131. The lowest BCUT2D eigenvalue weighted by Crippen LogP contribution is -2.47. The Balaban J connectivity index is 1.80. The summed E-state index contributed by atoms with van der Waals surface area (Å²) in [7, 11) is 0. The first-order valence-electron chi connectivity index (χ1n) is 7.70. The van der Waals surface area contributed by atoms with Crippen molar-refractivity contribution in [1.82, 2.24) is 9.88 Å². The van der Waals surface area contributed by atoms with Crippen LogP contribution >= 0.6 is 0 Å². The van der Waals surface area contributed by atoms with Gasteiger partial charge >= 0.3 is 5.97 Å². The summed E-state index contributed by atoms with van der Waals surface area (Å²) in [6.45, 7) is 5.97. The van der Waals surface area contributed by atoms with Gasteiger partial charge in [0.05, 0.1) is 0 Å². The maximum absolute atomic E-state index is 11.3. The van der Waals surface area contributed by atoms with E-state index in [0.717, 1.165) is 29.9 Å². The normalized spacial score (nSPS) is 18.7. The van der Waals surface area contributed by atoms with Crippen molar-refractivity contribution in [2.24, 2.45) is 0 Å². The first-order chi connectivity index (χ1) is 10.2. The van der Waals surface area contributed by atoms with Gasteiger partial charge in [0.25, 0.3) is 0 Å². The molecule has 0 saturated carbocycles. The number of benzene rings is 1. The van der Waals surface area contributed by atoms with Crippen molar-refractivity contribution < 1.29 is 9.53 Å². The number of hydrogen-bond acceptors (Lipinski definition) is 3. The lowest BCUT2D eigenvalue weighted by atomic mass is 9.99. The van der Waals surface area contributed by atoms with Crippen LogP contribution in [0.3, 0.4) is 0 Å². The Morgan fingerprint density at radius 2 is 2.33 bits per heavy atom. The molecule has 1 fully saturated rings. The fourth-order valence-corrected chi connectivity index (χ4v) is 3.17. The van der Waals surface area contributed by atoms with Crippen molar-refractivity contribution in [3.8, 4) is 5.75 Å². The number of rotatable bonds is 5. The molecule has 1 aliphatic heterocycles. The first kappa shape index (κ1) is 14.1. The van der Waals surface area contributed by atoms with Gasteiger partial charge in [-0.3, -0.25) is 9.69 Å². The summed E-state index contributed by atoms with van der Waals surface area (Å²) in [6, 6.07) is 6.54. The Kier molecular flexibility index (Phi) is 3.97. The summed E-state index contributed by atoms with van der Waals surface area (Å²) in [5, 5.41) is 1.04. The summed E-state index contributed by atoms with van der Waals surface area (Å²) < 4.78 is 5.34. The molecule has 2 aromatic rings. The standard InChI is InChI=1S/C17H22N2O2/c1-3-14-8-10-19(14)9-7-13-11-18-15-5-4-6-16(17(13)15)21-12(2)20/h4-6,11,14,18H,3,7-10H2,1-2H3. The van der Waals surface area contributed by atoms with E-state index in [-0.39, 0.29) is 5.97 Å². The van der Waals surface area contributed by atoms with Gasteiger partial charge in [0.1, 0.15) is 5.75 Å². The predicted octanol–water partition coefficient (Wildman–Crippen LogP) is 3.12. The minimum absolute atomic E-state index is 0.275. The first-order valence-corrected chi connectivity index (χ1v) is 7.70. The number of ether oxygens (including phenoxy) is 1. The van der Waals surface area contributed by atoms with Crippen molar-refractivity contribution >= 4 is 16.9 Å². The molecule has 1 N–H and O–H groups in total. The number of carbonyl (C=O) groups is 1. The highest BCUT2D eigenvalue weighted by atomic mass is 16.5. The monoisotopic (exact) mass is 286 g/mol. The zero-order valence-corrected chi connectivity index (χ0v) is 12.7. The molecule has 4 heteroatoms. The van der Waals surface area contributed by atoms with Crippen LogP contribution in [0.25, 0.3) is 10.9 Å². The topological polar surface area (TPSA) is 45.3 Å². The second-order valence-electron chi connectivity index (χ2n) is 5.72. The van der Waals surface area contributed by atoms with Crippen LogP contribution in [0.2, 0.25) is 0 Å². The predicted molar refractivity (Wildman–Crippen MR) is 83.6 cm³/mol. The fourth-order valence-electron chi connectivity index (χ4n) is 3.17. The number of aromatic amines is 1. The minimum atomic E-state index is -0.275. The number of nitrogens with zero attached hydrogens (tertiary/aromatic N) is 1. The molecular weight excluding hydrogens is 264 g/mol. The number of nitrogens with one attached hydrogen (secondary N) is 1. The molecule has 0 aliphatic carbocycles. The highest BCUT2D eigenvalue weighted by Gasteiger charge is 2.25. The molecule has 0 bridgehead atoms. The molecule has 1 aromatic carbocycles. The summed E-state index contributed by atoms with van der Waals surface area (Å²) in [4.78, 5) is 17.1. The fraction of sp³-hybridized carbons (Fsp3) is 0.471. The number of aromatic nitrogens is 1. The van der Waals surface area contributed by atoms with Gasteiger partial charge in [-0.25, -0.2) is 0 Å². The Bertz CT molecular complexity index is 645. The highest BCUT2D eigenvalue weighted by Crippen LogP contribution is 2.30. The Morgan fingerprint density at radius 3 is 3.00 bits per heavy atom. The van der Waals surface area contributed by atoms with Crippen LogP contribution < -0.4 is 4.74 Å². The van der Waals surface area contributed by atoms with E-state index in [4.69, 9.17) is 4.74 Å². The van der Waals surface area contributed by atoms with E-state index >= 15 is 0 Å². The van der Waals surface area contributed by atoms with Gasteiger partial charge in [-0.1, -0.05) is 13.0 Å². The third kappa shape index (κ3) is 2.81. The van der Waals surface area contributed by atoms with Crippen LogP contribution in [0.15, 0.2) is 24.4 Å². The van der Waals surface area contributed by atoms with Crippen LogP contribution in [0.4, 0.5) is 0 Å². The summed E-state index contributed by atoms with van der Waals surface area (Å²) in [5.74, 6) is 0.385. The number of H-pyrrole nitrogens is 1. The molecule has 1 saturated heterocycles. The zero-order chi connectivity index (χ0) is 14.8. The molecule has 3 rings (SSSR count). The van der Waals surface area contributed by atoms with Gasteiger partial charge in [-0.15, -0.1) is 0 Å². The molecule has 0 radical (unpaired) electrons. The number of esters is 1. The SMILES string of the molecule is CCC1CCN1CCc1c[nH]c2cccc(OC(C)=O)c12. The maximum atomic E-state index is 11.3. The van der Waals surface area contributed by atoms with Crippen LogP contribution in [-0.2, 0) is 11.2 Å². The Hall–Kier alpha value is -1.81. The number of likely N-dealkylation sites (tertiary alicyclic amines) is 1. The maximum Gasteiger partial charge on any atom is 0.308 e. The van der Waals surface area contributed by atoms with Gasteiger partial charge in [-0.05, 0) is 43.5 Å². The quantitative estimate of drug-likeness (QED) is 0.678. The molecule has 0 amide bonds. The van der Waals surface area contributed by atoms with Crippen LogP contribution in [0.1, 0.15) is 32.3 Å². The molecule has 21 heavy (non-hydrogen) atoms. The molecule has 2 heterocycles. The second-order valence-corrected chi connectivity index (χ2v) is 5.72. The lowest BCUT2D eigenvalue weighted by Gasteiger charge is -2.40. The molecule has 1 aliphatic rings. The average Bonchev–Trinajstić information content (AvgIpc) is 2.82. The van der Waals surface area contributed by atoms with Crippen LogP contribution in [0.5, 0.6) is 5.75 Å². The van der Waals surface area contributed by atoms with E-state index in [1.807, 2.05) is 24.4 Å². The van der Waals surface area contributed by atoms with Crippen LogP contribution in [0, 0.1) is 0 Å². The highest BCUT2D eigenvalue weighted by molar-refractivity contribution is 5.91. The van der Waals surface area contributed by atoms with Crippen molar-refractivity contribution in [2.75, 3.05) is 13.1 Å². The molecule has 0 spiro atoms. The molecule has 112 valence electrons. The summed E-state index contributed by atoms with van der Waals surface area (Å²) in [6.07, 6.45) is 5.57. The van der Waals surface area contributed by atoms with Gasteiger partial charge < -0.3 is 9.72 Å². The van der Waals surface area contributed by atoms with Crippen LogP contribution in [-0.4, -0.2) is 35.0 Å². The third-order valence-electron chi connectivity index (χ3n) is 4.41. The Labute approximate surface area is 125 Å². The zero-order valence-electron chi connectivity index (χ0n) is 12.7. The second kappa shape index (κ2) is 5.90. The van der Waals surface area contributed by atoms with Crippen molar-refractivity contribution in [2.45, 2.75) is 39.2 Å². The van der Waals surface area contributed by atoms with Gasteiger partial charge in [-0.2, -0.15) is 0 Å². The molecule has 1 atom stereocenters. The Morgan fingerprint density at radius 1 is 1.48 bits per heavy atom. The largest absolute Gasteiger partial charge is 0.426 e. The summed E-state index contributed by atoms with van der Waals surface area (Å²) in [5.41, 5.74) is 2.25. The van der Waals surface area contributed by atoms with Crippen molar-refractivity contribution in [1.29, 1.82) is 0 Å². The van der Waals surface area contributed by atoms with Crippen molar-refractivity contribution in [3.63, 3.8) is 0 Å². The van der Waals surface area contributed by atoms with Gasteiger partial charge in [0, 0.05) is 36.6 Å². The van der Waals surface area contributed by atoms with E-state index in [9.17, 15) is 4.79 Å². The average molecular weight is 286 g/mol. The molecule has 1 aromatic heterocycles. The van der Waals surface area contributed by atoms with Gasteiger partial charge in [0.15, 0.2) is 0 Å².